The lowest BCUT2D eigenvalue weighted by Gasteiger charge is -2.01. The monoisotopic (exact) mass is 230 g/mol. The number of hydrogen-bond donors (Lipinski definition) is 1. The Balaban J connectivity index is 1.72. The van der Waals surface area contributed by atoms with Crippen LogP contribution in [-0.2, 0) is 6.42 Å². The van der Waals surface area contributed by atoms with Crippen molar-refractivity contribution in [1.29, 1.82) is 0 Å². The van der Waals surface area contributed by atoms with E-state index in [9.17, 15) is 0 Å². The molecule has 5 nitrogen and oxygen atoms in total. The SMILES string of the molecule is c1cncc(Cc2noc(C3CCCN3)n2)c1. The van der Waals surface area contributed by atoms with E-state index in [0.717, 1.165) is 24.4 Å². The van der Waals surface area contributed by atoms with Gasteiger partial charge in [-0.3, -0.25) is 4.98 Å². The quantitative estimate of drug-likeness (QED) is 0.865. The van der Waals surface area contributed by atoms with Crippen LogP contribution in [0, 0.1) is 0 Å². The van der Waals surface area contributed by atoms with Gasteiger partial charge in [-0.05, 0) is 31.0 Å². The highest BCUT2D eigenvalue weighted by atomic mass is 16.5. The standard InChI is InChI=1S/C12H14N4O/c1-3-9(8-13-5-1)7-11-15-12(17-16-11)10-4-2-6-14-10/h1,3,5,8,10,14H,2,4,6-7H2. The molecule has 1 atom stereocenters. The minimum absolute atomic E-state index is 0.241. The maximum atomic E-state index is 5.28. The summed E-state index contributed by atoms with van der Waals surface area (Å²) in [6.07, 6.45) is 6.50. The van der Waals surface area contributed by atoms with E-state index >= 15 is 0 Å². The summed E-state index contributed by atoms with van der Waals surface area (Å²) in [5.74, 6) is 1.43. The second-order valence-corrected chi connectivity index (χ2v) is 4.24. The normalized spacial score (nSPS) is 19.6. The zero-order valence-electron chi connectivity index (χ0n) is 9.47. The summed E-state index contributed by atoms with van der Waals surface area (Å²) in [7, 11) is 0. The van der Waals surface area contributed by atoms with Crippen LogP contribution in [0.25, 0.3) is 0 Å². The molecule has 2 aromatic heterocycles. The van der Waals surface area contributed by atoms with Crippen molar-refractivity contribution < 1.29 is 4.52 Å². The van der Waals surface area contributed by atoms with E-state index in [0.29, 0.717) is 12.3 Å². The average molecular weight is 230 g/mol. The Morgan fingerprint density at radius 2 is 2.47 bits per heavy atom. The molecule has 0 bridgehead atoms. The molecule has 0 amide bonds. The van der Waals surface area contributed by atoms with E-state index in [-0.39, 0.29) is 6.04 Å². The molecule has 5 heteroatoms. The molecular formula is C12H14N4O. The van der Waals surface area contributed by atoms with Gasteiger partial charge in [0.1, 0.15) is 0 Å². The Kier molecular flexibility index (Phi) is 2.83. The van der Waals surface area contributed by atoms with Gasteiger partial charge in [-0.25, -0.2) is 0 Å². The zero-order valence-corrected chi connectivity index (χ0v) is 9.47. The summed E-state index contributed by atoms with van der Waals surface area (Å²) in [6.45, 7) is 1.03. The first kappa shape index (κ1) is 10.4. The Morgan fingerprint density at radius 1 is 1.47 bits per heavy atom. The van der Waals surface area contributed by atoms with E-state index in [2.05, 4.69) is 20.4 Å². The summed E-state index contributed by atoms with van der Waals surface area (Å²) in [6, 6.07) is 4.16. The van der Waals surface area contributed by atoms with Crippen LogP contribution in [-0.4, -0.2) is 21.7 Å². The van der Waals surface area contributed by atoms with Gasteiger partial charge < -0.3 is 9.84 Å². The minimum Gasteiger partial charge on any atom is -0.338 e. The Labute approximate surface area is 99.3 Å². The highest BCUT2D eigenvalue weighted by Crippen LogP contribution is 2.21. The van der Waals surface area contributed by atoms with Gasteiger partial charge in [0, 0.05) is 18.8 Å². The summed E-state index contributed by atoms with van der Waals surface area (Å²) in [5.41, 5.74) is 1.10. The molecule has 0 aromatic carbocycles. The molecule has 17 heavy (non-hydrogen) atoms. The van der Waals surface area contributed by atoms with Crippen LogP contribution in [0.2, 0.25) is 0 Å². The molecule has 1 N–H and O–H groups in total. The van der Waals surface area contributed by atoms with Gasteiger partial charge in [0.2, 0.25) is 5.89 Å². The molecule has 88 valence electrons. The van der Waals surface area contributed by atoms with Crippen LogP contribution >= 0.6 is 0 Å². The molecule has 1 unspecified atom stereocenters. The van der Waals surface area contributed by atoms with Crippen molar-refractivity contribution in [2.24, 2.45) is 0 Å². The van der Waals surface area contributed by atoms with E-state index in [1.54, 1.807) is 6.20 Å². The molecule has 1 saturated heterocycles. The predicted octanol–water partition coefficient (Wildman–Crippen LogP) is 1.48. The van der Waals surface area contributed by atoms with Gasteiger partial charge in [0.05, 0.1) is 6.04 Å². The summed E-state index contributed by atoms with van der Waals surface area (Å²) in [5, 5.41) is 7.34. The molecule has 3 rings (SSSR count). The summed E-state index contributed by atoms with van der Waals surface area (Å²) in [4.78, 5) is 8.49. The fraction of sp³-hybridized carbons (Fsp3) is 0.417. The van der Waals surface area contributed by atoms with E-state index in [4.69, 9.17) is 4.52 Å². The van der Waals surface area contributed by atoms with Gasteiger partial charge >= 0.3 is 0 Å². The van der Waals surface area contributed by atoms with Crippen LogP contribution < -0.4 is 5.32 Å². The second kappa shape index (κ2) is 4.63. The zero-order chi connectivity index (χ0) is 11.5. The van der Waals surface area contributed by atoms with Crippen molar-refractivity contribution in [3.05, 3.63) is 41.8 Å². The van der Waals surface area contributed by atoms with Crippen LogP contribution in [0.1, 0.15) is 36.2 Å². The molecule has 1 aliphatic heterocycles. The lowest BCUT2D eigenvalue weighted by atomic mass is 10.2. The van der Waals surface area contributed by atoms with Crippen molar-refractivity contribution in [2.75, 3.05) is 6.54 Å². The maximum absolute atomic E-state index is 5.28. The van der Waals surface area contributed by atoms with Crippen LogP contribution in [0.4, 0.5) is 0 Å². The third-order valence-electron chi connectivity index (χ3n) is 2.93. The maximum Gasteiger partial charge on any atom is 0.243 e. The Bertz CT molecular complexity index is 476. The molecule has 1 fully saturated rings. The van der Waals surface area contributed by atoms with Gasteiger partial charge in [-0.2, -0.15) is 4.98 Å². The van der Waals surface area contributed by atoms with Crippen molar-refractivity contribution in [3.8, 4) is 0 Å². The largest absolute Gasteiger partial charge is 0.338 e. The van der Waals surface area contributed by atoms with Crippen molar-refractivity contribution in [2.45, 2.75) is 25.3 Å². The number of hydrogen-bond acceptors (Lipinski definition) is 5. The second-order valence-electron chi connectivity index (χ2n) is 4.24. The summed E-state index contributed by atoms with van der Waals surface area (Å²) >= 11 is 0. The first-order valence-corrected chi connectivity index (χ1v) is 5.86. The van der Waals surface area contributed by atoms with Gasteiger partial charge in [-0.15, -0.1) is 0 Å². The fourth-order valence-corrected chi connectivity index (χ4v) is 2.06. The number of nitrogens with one attached hydrogen (secondary N) is 1. The minimum atomic E-state index is 0.241. The Morgan fingerprint density at radius 3 is 3.24 bits per heavy atom. The van der Waals surface area contributed by atoms with Gasteiger partial charge in [-0.1, -0.05) is 11.2 Å². The third kappa shape index (κ3) is 2.34. The van der Waals surface area contributed by atoms with E-state index < -0.39 is 0 Å². The molecular weight excluding hydrogens is 216 g/mol. The first-order chi connectivity index (χ1) is 8.42. The number of rotatable bonds is 3. The molecule has 1 aliphatic rings. The highest BCUT2D eigenvalue weighted by molar-refractivity contribution is 5.14. The average Bonchev–Trinajstić information content (AvgIpc) is 3.00. The Hall–Kier alpha value is -1.75. The van der Waals surface area contributed by atoms with Crippen molar-refractivity contribution in [3.63, 3.8) is 0 Å². The van der Waals surface area contributed by atoms with Crippen LogP contribution in [0.5, 0.6) is 0 Å². The molecule has 0 radical (unpaired) electrons. The molecule has 0 aliphatic carbocycles. The summed E-state index contributed by atoms with van der Waals surface area (Å²) < 4.78 is 5.28. The fourth-order valence-electron chi connectivity index (χ4n) is 2.06. The smallest absolute Gasteiger partial charge is 0.243 e. The van der Waals surface area contributed by atoms with Crippen LogP contribution in [0.15, 0.2) is 29.0 Å². The van der Waals surface area contributed by atoms with Crippen molar-refractivity contribution >= 4 is 0 Å². The van der Waals surface area contributed by atoms with E-state index in [1.165, 1.54) is 6.42 Å². The predicted molar refractivity (Wildman–Crippen MR) is 61.3 cm³/mol. The molecule has 0 saturated carbocycles. The molecule has 0 spiro atoms. The lowest BCUT2D eigenvalue weighted by molar-refractivity contribution is 0.341. The topological polar surface area (TPSA) is 63.8 Å². The third-order valence-corrected chi connectivity index (χ3v) is 2.93. The van der Waals surface area contributed by atoms with Gasteiger partial charge in [0.15, 0.2) is 5.82 Å². The van der Waals surface area contributed by atoms with E-state index in [1.807, 2.05) is 18.3 Å². The van der Waals surface area contributed by atoms with Crippen molar-refractivity contribution in [1.82, 2.24) is 20.4 Å². The number of pyridine rings is 1. The highest BCUT2D eigenvalue weighted by Gasteiger charge is 2.22. The first-order valence-electron chi connectivity index (χ1n) is 5.86. The number of aromatic nitrogens is 3. The lowest BCUT2D eigenvalue weighted by Crippen LogP contribution is -2.13. The number of nitrogens with zero attached hydrogens (tertiary/aromatic N) is 3. The molecule has 2 aromatic rings. The molecule has 3 heterocycles. The van der Waals surface area contributed by atoms with Crippen LogP contribution in [0.3, 0.4) is 0 Å². The van der Waals surface area contributed by atoms with Gasteiger partial charge in [0.25, 0.3) is 0 Å².